The van der Waals surface area contributed by atoms with Crippen LogP contribution in [0.25, 0.3) is 11.6 Å². The molecule has 2 rings (SSSR count). The lowest BCUT2D eigenvalue weighted by atomic mass is 10.4. The summed E-state index contributed by atoms with van der Waals surface area (Å²) in [6.45, 7) is 0.258. The number of nitrogens with zero attached hydrogens (tertiary/aromatic N) is 3. The zero-order valence-corrected chi connectivity index (χ0v) is 9.18. The Bertz CT molecular complexity index is 507. The third kappa shape index (κ3) is 3.01. The van der Waals surface area contributed by atoms with Gasteiger partial charge in [0.05, 0.1) is 0 Å². The first-order valence-electron chi connectivity index (χ1n) is 4.52. The predicted octanol–water partition coefficient (Wildman–Crippen LogP) is 1.76. The molecule has 92 valence electrons. The van der Waals surface area contributed by atoms with Gasteiger partial charge >= 0.3 is 6.18 Å². The van der Waals surface area contributed by atoms with Gasteiger partial charge in [-0.05, 0) is 0 Å². The van der Waals surface area contributed by atoms with Crippen LogP contribution >= 0.6 is 11.3 Å². The highest BCUT2D eigenvalue weighted by molar-refractivity contribution is 7.09. The molecule has 0 aromatic carbocycles. The van der Waals surface area contributed by atoms with Crippen molar-refractivity contribution in [2.24, 2.45) is 5.73 Å². The summed E-state index contributed by atoms with van der Waals surface area (Å²) in [6, 6.07) is 0. The van der Waals surface area contributed by atoms with Gasteiger partial charge in [-0.3, -0.25) is 0 Å². The Morgan fingerprint density at radius 2 is 2.12 bits per heavy atom. The van der Waals surface area contributed by atoms with E-state index >= 15 is 0 Å². The molecule has 0 aliphatic carbocycles. The molecule has 0 amide bonds. The average Bonchev–Trinajstić information content (AvgIpc) is 2.82. The van der Waals surface area contributed by atoms with Crippen molar-refractivity contribution in [2.75, 3.05) is 0 Å². The van der Waals surface area contributed by atoms with E-state index in [1.165, 1.54) is 11.3 Å². The number of hydrogen-bond donors (Lipinski definition) is 1. The number of halogens is 3. The van der Waals surface area contributed by atoms with Crippen molar-refractivity contribution in [3.63, 3.8) is 0 Å². The minimum atomic E-state index is -4.36. The molecule has 0 fully saturated rings. The fraction of sp³-hybridized carbons (Fsp3) is 0.375. The van der Waals surface area contributed by atoms with E-state index in [-0.39, 0.29) is 12.4 Å². The Kier molecular flexibility index (Phi) is 3.11. The Hall–Kier alpha value is -1.48. The molecule has 0 spiro atoms. The number of rotatable bonds is 3. The molecule has 2 aromatic heterocycles. The Morgan fingerprint density at radius 1 is 1.35 bits per heavy atom. The number of alkyl halides is 3. The van der Waals surface area contributed by atoms with E-state index in [1.807, 2.05) is 0 Å². The van der Waals surface area contributed by atoms with Crippen molar-refractivity contribution in [1.29, 1.82) is 0 Å². The molecule has 2 N–H and O–H groups in total. The largest absolute Gasteiger partial charge is 0.396 e. The first-order valence-corrected chi connectivity index (χ1v) is 5.40. The quantitative estimate of drug-likeness (QED) is 0.913. The first kappa shape index (κ1) is 12.0. The van der Waals surface area contributed by atoms with Crippen molar-refractivity contribution in [1.82, 2.24) is 15.1 Å². The molecule has 9 heteroatoms. The van der Waals surface area contributed by atoms with E-state index in [4.69, 9.17) is 10.3 Å². The number of aromatic nitrogens is 3. The standard InChI is InChI=1S/C8H7F3N4OS/c9-8(10,11)1-5-14-7(16-15-5)4-3-17-6(2-12)13-4/h3H,1-2,12H2. The maximum Gasteiger partial charge on any atom is 0.396 e. The smallest absolute Gasteiger partial charge is 0.332 e. The molecule has 0 unspecified atom stereocenters. The molecular weight excluding hydrogens is 257 g/mol. The fourth-order valence-corrected chi connectivity index (χ4v) is 1.76. The summed E-state index contributed by atoms with van der Waals surface area (Å²) in [5, 5.41) is 5.49. The Morgan fingerprint density at radius 3 is 2.71 bits per heavy atom. The third-order valence-corrected chi connectivity index (χ3v) is 2.64. The van der Waals surface area contributed by atoms with E-state index < -0.39 is 18.4 Å². The summed E-state index contributed by atoms with van der Waals surface area (Å²) in [7, 11) is 0. The second kappa shape index (κ2) is 4.41. The molecule has 0 saturated heterocycles. The summed E-state index contributed by atoms with van der Waals surface area (Å²) in [5.74, 6) is -0.435. The number of nitrogens with two attached hydrogens (primary N) is 1. The van der Waals surface area contributed by atoms with Gasteiger partial charge in [-0.15, -0.1) is 11.3 Å². The highest BCUT2D eigenvalue weighted by Crippen LogP contribution is 2.23. The summed E-state index contributed by atoms with van der Waals surface area (Å²) in [6.07, 6.45) is -5.57. The Labute approximate surface area is 97.5 Å². The summed E-state index contributed by atoms with van der Waals surface area (Å²) >= 11 is 1.28. The molecule has 0 aliphatic heterocycles. The SMILES string of the molecule is NCc1nc(-c2nc(CC(F)(F)F)no2)cs1. The maximum absolute atomic E-state index is 12.1. The Balaban J connectivity index is 2.18. The van der Waals surface area contributed by atoms with Gasteiger partial charge < -0.3 is 10.3 Å². The molecule has 0 radical (unpaired) electrons. The van der Waals surface area contributed by atoms with Gasteiger partial charge in [0.15, 0.2) is 5.82 Å². The van der Waals surface area contributed by atoms with Gasteiger partial charge in [0, 0.05) is 11.9 Å². The van der Waals surface area contributed by atoms with Crippen LogP contribution in [-0.2, 0) is 13.0 Å². The van der Waals surface area contributed by atoms with E-state index in [9.17, 15) is 13.2 Å². The molecule has 0 aliphatic rings. The molecule has 2 heterocycles. The van der Waals surface area contributed by atoms with Crippen LogP contribution in [0.5, 0.6) is 0 Å². The van der Waals surface area contributed by atoms with Crippen LogP contribution in [-0.4, -0.2) is 21.3 Å². The van der Waals surface area contributed by atoms with Crippen LogP contribution in [0.1, 0.15) is 10.8 Å². The normalized spacial score (nSPS) is 12.0. The van der Waals surface area contributed by atoms with Crippen LogP contribution in [0.3, 0.4) is 0 Å². The van der Waals surface area contributed by atoms with Gasteiger partial charge in [0.1, 0.15) is 17.1 Å². The van der Waals surface area contributed by atoms with E-state index in [0.717, 1.165) is 0 Å². The summed E-state index contributed by atoms with van der Waals surface area (Å²) in [4.78, 5) is 7.64. The number of thiazole rings is 1. The van der Waals surface area contributed by atoms with E-state index in [1.54, 1.807) is 5.38 Å². The fourth-order valence-electron chi connectivity index (χ4n) is 1.11. The molecule has 0 atom stereocenters. The lowest BCUT2D eigenvalue weighted by molar-refractivity contribution is -0.128. The van der Waals surface area contributed by atoms with Gasteiger partial charge in [0.2, 0.25) is 0 Å². The van der Waals surface area contributed by atoms with Crippen LogP contribution in [0.2, 0.25) is 0 Å². The summed E-state index contributed by atoms with van der Waals surface area (Å²) < 4.78 is 40.9. The maximum atomic E-state index is 12.1. The lowest BCUT2D eigenvalue weighted by Gasteiger charge is -1.99. The zero-order valence-electron chi connectivity index (χ0n) is 8.36. The van der Waals surface area contributed by atoms with Gasteiger partial charge in [-0.25, -0.2) is 4.98 Å². The van der Waals surface area contributed by atoms with Gasteiger partial charge in [0.25, 0.3) is 5.89 Å². The van der Waals surface area contributed by atoms with Crippen molar-refractivity contribution in [3.8, 4) is 11.6 Å². The topological polar surface area (TPSA) is 77.8 Å². The highest BCUT2D eigenvalue weighted by atomic mass is 32.1. The second-order valence-electron chi connectivity index (χ2n) is 3.14. The lowest BCUT2D eigenvalue weighted by Crippen LogP contribution is -2.12. The highest BCUT2D eigenvalue weighted by Gasteiger charge is 2.30. The van der Waals surface area contributed by atoms with Crippen LogP contribution in [0, 0.1) is 0 Å². The van der Waals surface area contributed by atoms with Crippen LogP contribution in [0.15, 0.2) is 9.90 Å². The second-order valence-corrected chi connectivity index (χ2v) is 4.08. The van der Waals surface area contributed by atoms with Crippen LogP contribution < -0.4 is 5.73 Å². The van der Waals surface area contributed by atoms with Gasteiger partial charge in [-0.1, -0.05) is 5.16 Å². The minimum absolute atomic E-state index is 0.0276. The van der Waals surface area contributed by atoms with Crippen molar-refractivity contribution < 1.29 is 17.7 Å². The average molecular weight is 264 g/mol. The molecule has 17 heavy (non-hydrogen) atoms. The van der Waals surface area contributed by atoms with Crippen molar-refractivity contribution in [3.05, 3.63) is 16.2 Å². The minimum Gasteiger partial charge on any atom is -0.332 e. The van der Waals surface area contributed by atoms with Crippen molar-refractivity contribution >= 4 is 11.3 Å². The molecule has 5 nitrogen and oxygen atoms in total. The molecular formula is C8H7F3N4OS. The van der Waals surface area contributed by atoms with Gasteiger partial charge in [-0.2, -0.15) is 18.2 Å². The predicted molar refractivity (Wildman–Crippen MR) is 53.1 cm³/mol. The van der Waals surface area contributed by atoms with E-state index in [0.29, 0.717) is 10.7 Å². The third-order valence-electron chi connectivity index (χ3n) is 1.77. The molecule has 2 aromatic rings. The molecule has 0 saturated carbocycles. The molecule has 0 bridgehead atoms. The summed E-state index contributed by atoms with van der Waals surface area (Å²) in [5.41, 5.74) is 5.71. The van der Waals surface area contributed by atoms with Crippen molar-refractivity contribution in [2.45, 2.75) is 19.1 Å². The zero-order chi connectivity index (χ0) is 12.5. The number of hydrogen-bond acceptors (Lipinski definition) is 6. The first-order chi connectivity index (χ1) is 7.98. The monoisotopic (exact) mass is 264 g/mol. The van der Waals surface area contributed by atoms with Crippen LogP contribution in [0.4, 0.5) is 13.2 Å². The van der Waals surface area contributed by atoms with E-state index in [2.05, 4.69) is 15.1 Å².